The highest BCUT2D eigenvalue weighted by Gasteiger charge is 2.32. The van der Waals surface area contributed by atoms with Crippen molar-refractivity contribution in [1.82, 2.24) is 4.31 Å². The van der Waals surface area contributed by atoms with E-state index < -0.39 is 34.2 Å². The van der Waals surface area contributed by atoms with E-state index in [0.717, 1.165) is 22.0 Å². The lowest BCUT2D eigenvalue weighted by Gasteiger charge is -2.24. The van der Waals surface area contributed by atoms with E-state index in [1.54, 1.807) is 56.3 Å². The van der Waals surface area contributed by atoms with Gasteiger partial charge in [0.1, 0.15) is 0 Å². The number of halogens is 3. The number of nitrogens with one attached hydrogen (secondary N) is 1. The Morgan fingerprint density at radius 1 is 0.912 bits per heavy atom. The van der Waals surface area contributed by atoms with Crippen molar-refractivity contribution in [2.24, 2.45) is 0 Å². The average Bonchev–Trinajstić information content (AvgIpc) is 2.72. The van der Waals surface area contributed by atoms with Gasteiger partial charge < -0.3 is 5.32 Å². The molecule has 0 saturated carbocycles. The minimum atomic E-state index is -4.57. The lowest BCUT2D eigenvalue weighted by molar-refractivity contribution is -0.137. The lowest BCUT2D eigenvalue weighted by atomic mass is 10.1. The molecule has 0 atom stereocenters. The Balaban J connectivity index is 1.93. The minimum Gasteiger partial charge on any atom is -0.325 e. The molecule has 0 heterocycles. The molecule has 0 radical (unpaired) electrons. The smallest absolute Gasteiger partial charge is 0.325 e. The van der Waals surface area contributed by atoms with Crippen molar-refractivity contribution in [3.63, 3.8) is 0 Å². The van der Waals surface area contributed by atoms with E-state index >= 15 is 0 Å². The van der Waals surface area contributed by atoms with E-state index in [4.69, 9.17) is 0 Å². The molecule has 0 unspecified atom stereocenters. The van der Waals surface area contributed by atoms with Crippen molar-refractivity contribution in [3.05, 3.63) is 94.5 Å². The van der Waals surface area contributed by atoms with Gasteiger partial charge in [0.2, 0.25) is 15.9 Å². The SMILES string of the molecule is Cc1cc(C)c(S(=O)(=O)N(CC(=O)Nc2cccc(C(F)(F)F)c2)Cc2ccccc2)c(C)c1. The van der Waals surface area contributed by atoms with E-state index in [9.17, 15) is 26.4 Å². The summed E-state index contributed by atoms with van der Waals surface area (Å²) >= 11 is 0. The van der Waals surface area contributed by atoms with Crippen LogP contribution in [0, 0.1) is 20.8 Å². The molecular formula is C25H25F3N2O3S. The van der Waals surface area contributed by atoms with Gasteiger partial charge in [0.15, 0.2) is 0 Å². The molecule has 3 aromatic rings. The van der Waals surface area contributed by atoms with Gasteiger partial charge in [-0.3, -0.25) is 4.79 Å². The Kier molecular flexibility index (Phi) is 7.48. The summed E-state index contributed by atoms with van der Waals surface area (Å²) in [5, 5.41) is 2.39. The van der Waals surface area contributed by atoms with Gasteiger partial charge in [-0.1, -0.05) is 54.1 Å². The first-order valence-electron chi connectivity index (χ1n) is 10.5. The summed E-state index contributed by atoms with van der Waals surface area (Å²) < 4.78 is 67.4. The fourth-order valence-electron chi connectivity index (χ4n) is 3.85. The van der Waals surface area contributed by atoms with Crippen LogP contribution in [0.1, 0.15) is 27.8 Å². The summed E-state index contributed by atoms with van der Waals surface area (Å²) in [6.07, 6.45) is -4.57. The number of carbonyl (C=O) groups excluding carboxylic acids is 1. The van der Waals surface area contributed by atoms with Crippen LogP contribution in [-0.2, 0) is 27.5 Å². The number of sulfonamides is 1. The number of nitrogens with zero attached hydrogens (tertiary/aromatic N) is 1. The fourth-order valence-corrected chi connectivity index (χ4v) is 5.65. The van der Waals surface area contributed by atoms with Crippen LogP contribution >= 0.6 is 0 Å². The Bertz CT molecular complexity index is 1270. The highest BCUT2D eigenvalue weighted by atomic mass is 32.2. The molecule has 0 aliphatic heterocycles. The monoisotopic (exact) mass is 490 g/mol. The molecule has 0 aliphatic carbocycles. The molecule has 0 saturated heterocycles. The van der Waals surface area contributed by atoms with Crippen LogP contribution in [0.25, 0.3) is 0 Å². The van der Waals surface area contributed by atoms with Gasteiger partial charge >= 0.3 is 6.18 Å². The third-order valence-electron chi connectivity index (χ3n) is 5.20. The normalized spacial score (nSPS) is 12.1. The van der Waals surface area contributed by atoms with Crippen LogP contribution in [-0.4, -0.2) is 25.2 Å². The Morgan fingerprint density at radius 2 is 1.53 bits per heavy atom. The maximum atomic E-state index is 13.7. The molecule has 9 heteroatoms. The van der Waals surface area contributed by atoms with Crippen LogP contribution in [0.3, 0.4) is 0 Å². The predicted octanol–water partition coefficient (Wildman–Crippen LogP) is 5.46. The molecule has 3 rings (SSSR count). The Labute approximate surface area is 197 Å². The van der Waals surface area contributed by atoms with E-state index in [1.165, 1.54) is 12.1 Å². The summed E-state index contributed by atoms with van der Waals surface area (Å²) in [5.41, 5.74) is 1.69. The lowest BCUT2D eigenvalue weighted by Crippen LogP contribution is -2.38. The summed E-state index contributed by atoms with van der Waals surface area (Å²) in [6.45, 7) is 4.60. The highest BCUT2D eigenvalue weighted by molar-refractivity contribution is 7.89. The molecular weight excluding hydrogens is 465 g/mol. The van der Waals surface area contributed by atoms with Gasteiger partial charge in [0, 0.05) is 12.2 Å². The number of amides is 1. The molecule has 0 spiro atoms. The minimum absolute atomic E-state index is 0.0698. The third-order valence-corrected chi connectivity index (χ3v) is 7.30. The van der Waals surface area contributed by atoms with Crippen molar-refractivity contribution in [1.29, 1.82) is 0 Å². The second kappa shape index (κ2) is 9.99. The zero-order chi connectivity index (χ0) is 25.1. The Hall–Kier alpha value is -3.17. The van der Waals surface area contributed by atoms with Crippen LogP contribution in [0.5, 0.6) is 0 Å². The summed E-state index contributed by atoms with van der Waals surface area (Å²) in [6, 6.07) is 16.5. The molecule has 3 aromatic carbocycles. The van der Waals surface area contributed by atoms with Crippen molar-refractivity contribution in [2.75, 3.05) is 11.9 Å². The van der Waals surface area contributed by atoms with Crippen LogP contribution in [0.2, 0.25) is 0 Å². The number of rotatable bonds is 7. The number of aryl methyl sites for hydroxylation is 3. The van der Waals surface area contributed by atoms with Gasteiger partial charge in [-0.25, -0.2) is 8.42 Å². The first kappa shape index (κ1) is 25.5. The van der Waals surface area contributed by atoms with Crippen LogP contribution in [0.4, 0.5) is 18.9 Å². The van der Waals surface area contributed by atoms with E-state index in [0.29, 0.717) is 16.7 Å². The Morgan fingerprint density at radius 3 is 2.12 bits per heavy atom. The number of hydrogen-bond acceptors (Lipinski definition) is 3. The zero-order valence-electron chi connectivity index (χ0n) is 19.0. The quantitative estimate of drug-likeness (QED) is 0.478. The average molecular weight is 491 g/mol. The molecule has 1 amide bonds. The molecule has 0 fully saturated rings. The number of alkyl halides is 3. The maximum Gasteiger partial charge on any atom is 0.416 e. The molecule has 5 nitrogen and oxygen atoms in total. The molecule has 180 valence electrons. The standard InChI is InChI=1S/C25H25F3N2O3S/c1-17-12-18(2)24(19(3)13-17)34(32,33)30(15-20-8-5-4-6-9-20)16-23(31)29-22-11-7-10-21(14-22)25(26,27)28/h4-14H,15-16H2,1-3H3,(H,29,31). The van der Waals surface area contributed by atoms with E-state index in [1.807, 2.05) is 6.92 Å². The van der Waals surface area contributed by atoms with Crippen molar-refractivity contribution < 1.29 is 26.4 Å². The number of carbonyl (C=O) groups is 1. The van der Waals surface area contributed by atoms with Crippen molar-refractivity contribution >= 4 is 21.6 Å². The molecule has 1 N–H and O–H groups in total. The molecule has 0 bridgehead atoms. The third kappa shape index (κ3) is 6.03. The van der Waals surface area contributed by atoms with Gasteiger partial charge in [-0.2, -0.15) is 17.5 Å². The van der Waals surface area contributed by atoms with Gasteiger partial charge in [0.05, 0.1) is 17.0 Å². The first-order valence-corrected chi connectivity index (χ1v) is 11.9. The largest absolute Gasteiger partial charge is 0.416 e. The number of benzene rings is 3. The highest BCUT2D eigenvalue weighted by Crippen LogP contribution is 2.31. The van der Waals surface area contributed by atoms with Crippen LogP contribution in [0.15, 0.2) is 71.6 Å². The summed E-state index contributed by atoms with van der Waals surface area (Å²) in [5.74, 6) is -0.749. The zero-order valence-corrected chi connectivity index (χ0v) is 19.8. The molecule has 0 aromatic heterocycles. The second-order valence-corrected chi connectivity index (χ2v) is 9.99. The van der Waals surface area contributed by atoms with E-state index in [-0.39, 0.29) is 17.1 Å². The van der Waals surface area contributed by atoms with E-state index in [2.05, 4.69) is 5.32 Å². The van der Waals surface area contributed by atoms with Crippen molar-refractivity contribution in [2.45, 2.75) is 38.4 Å². The summed E-state index contributed by atoms with van der Waals surface area (Å²) in [4.78, 5) is 12.9. The second-order valence-electron chi connectivity index (χ2n) is 8.11. The summed E-state index contributed by atoms with van der Waals surface area (Å²) in [7, 11) is -4.10. The first-order chi connectivity index (χ1) is 15.9. The molecule has 0 aliphatic rings. The molecule has 34 heavy (non-hydrogen) atoms. The van der Waals surface area contributed by atoms with Gasteiger partial charge in [-0.05, 0) is 55.7 Å². The predicted molar refractivity (Wildman–Crippen MR) is 125 cm³/mol. The number of hydrogen-bond donors (Lipinski definition) is 1. The van der Waals surface area contributed by atoms with Gasteiger partial charge in [0.25, 0.3) is 0 Å². The maximum absolute atomic E-state index is 13.7. The fraction of sp³-hybridized carbons (Fsp3) is 0.240. The number of anilines is 1. The topological polar surface area (TPSA) is 66.5 Å². The van der Waals surface area contributed by atoms with Crippen LogP contribution < -0.4 is 5.32 Å². The van der Waals surface area contributed by atoms with Gasteiger partial charge in [-0.15, -0.1) is 0 Å². The van der Waals surface area contributed by atoms with Crippen molar-refractivity contribution in [3.8, 4) is 0 Å².